The lowest BCUT2D eigenvalue weighted by Crippen LogP contribution is -2.41. The second-order valence-corrected chi connectivity index (χ2v) is 8.26. The molecule has 32 heavy (non-hydrogen) atoms. The largest absolute Gasteiger partial charge is 0.497 e. The van der Waals surface area contributed by atoms with Crippen LogP contribution in [-0.2, 0) is 16.1 Å². The summed E-state index contributed by atoms with van der Waals surface area (Å²) in [5.41, 5.74) is 2.33. The molecule has 1 aliphatic carbocycles. The van der Waals surface area contributed by atoms with E-state index >= 15 is 0 Å². The van der Waals surface area contributed by atoms with Crippen LogP contribution in [0.1, 0.15) is 64.8 Å². The van der Waals surface area contributed by atoms with Gasteiger partial charge in [0.05, 0.1) is 13.2 Å². The van der Waals surface area contributed by atoms with Crippen molar-refractivity contribution in [2.75, 3.05) is 12.4 Å². The zero-order valence-corrected chi connectivity index (χ0v) is 18.1. The van der Waals surface area contributed by atoms with Gasteiger partial charge in [-0.15, -0.1) is 0 Å². The minimum Gasteiger partial charge on any atom is -0.497 e. The number of nitrogens with zero attached hydrogens (tertiary/aromatic N) is 1. The number of anilines is 1. The highest BCUT2D eigenvalue weighted by atomic mass is 16.5. The quantitative estimate of drug-likeness (QED) is 0.791. The van der Waals surface area contributed by atoms with Crippen molar-refractivity contribution in [1.82, 2.24) is 4.90 Å². The fourth-order valence-electron chi connectivity index (χ4n) is 4.34. The molecule has 2 aromatic carbocycles. The van der Waals surface area contributed by atoms with Crippen molar-refractivity contribution in [2.45, 2.75) is 51.1 Å². The first-order valence-electron chi connectivity index (χ1n) is 10.9. The maximum Gasteiger partial charge on any atom is 0.255 e. The molecule has 1 N–H and O–H groups in total. The fraction of sp³-hybridized carbons (Fsp3) is 0.360. The van der Waals surface area contributed by atoms with Gasteiger partial charge in [0.2, 0.25) is 0 Å². The first-order chi connectivity index (χ1) is 15.5. The number of hydrogen-bond donors (Lipinski definition) is 1. The maximum atomic E-state index is 13.0. The smallest absolute Gasteiger partial charge is 0.255 e. The number of rotatable bonds is 4. The monoisotopic (exact) mass is 434 g/mol. The van der Waals surface area contributed by atoms with Crippen LogP contribution in [0.15, 0.2) is 42.5 Å². The molecule has 1 heterocycles. The topological polar surface area (TPSA) is 92.8 Å². The molecule has 0 bridgehead atoms. The molecule has 1 fully saturated rings. The summed E-state index contributed by atoms with van der Waals surface area (Å²) in [5.74, 6) is 0.278. The van der Waals surface area contributed by atoms with E-state index in [0.29, 0.717) is 61.2 Å². The third-order valence-corrected chi connectivity index (χ3v) is 6.10. The van der Waals surface area contributed by atoms with Gasteiger partial charge in [-0.25, -0.2) is 0 Å². The Morgan fingerprint density at radius 2 is 1.84 bits per heavy atom. The fourth-order valence-corrected chi connectivity index (χ4v) is 4.34. The summed E-state index contributed by atoms with van der Waals surface area (Å²) in [4.78, 5) is 52.0. The van der Waals surface area contributed by atoms with Crippen molar-refractivity contribution in [3.05, 3.63) is 59.2 Å². The van der Waals surface area contributed by atoms with E-state index in [1.54, 1.807) is 54.5 Å². The van der Waals surface area contributed by atoms with Crippen LogP contribution in [0, 0.1) is 0 Å². The van der Waals surface area contributed by atoms with Crippen LogP contribution >= 0.6 is 0 Å². The number of carbonyl (C=O) groups is 4. The van der Waals surface area contributed by atoms with Crippen LogP contribution < -0.4 is 10.1 Å². The van der Waals surface area contributed by atoms with Gasteiger partial charge in [-0.05, 0) is 61.2 Å². The van der Waals surface area contributed by atoms with Gasteiger partial charge in [0, 0.05) is 42.6 Å². The minimum atomic E-state index is -0.577. The Morgan fingerprint density at radius 3 is 2.66 bits per heavy atom. The molecule has 1 atom stereocenters. The van der Waals surface area contributed by atoms with Gasteiger partial charge in [0.25, 0.3) is 11.8 Å². The number of ketones is 2. The Labute approximate surface area is 186 Å². The summed E-state index contributed by atoms with van der Waals surface area (Å²) < 4.78 is 5.17. The number of amides is 2. The molecule has 1 saturated carbocycles. The van der Waals surface area contributed by atoms with Crippen LogP contribution in [0.4, 0.5) is 5.69 Å². The Kier molecular flexibility index (Phi) is 6.35. The van der Waals surface area contributed by atoms with E-state index in [1.807, 2.05) is 0 Å². The third-order valence-electron chi connectivity index (χ3n) is 6.10. The van der Waals surface area contributed by atoms with Gasteiger partial charge in [-0.3, -0.25) is 19.2 Å². The highest BCUT2D eigenvalue weighted by Gasteiger charge is 2.36. The highest BCUT2D eigenvalue weighted by Crippen LogP contribution is 2.30. The number of nitrogens with one attached hydrogen (secondary N) is 1. The molecule has 2 aliphatic rings. The number of benzene rings is 2. The predicted octanol–water partition coefficient (Wildman–Crippen LogP) is 3.76. The molecule has 0 spiro atoms. The Balaban J connectivity index is 1.50. The number of methoxy groups -OCH3 is 1. The lowest BCUT2D eigenvalue weighted by molar-refractivity contribution is -0.124. The molecular weight excluding hydrogens is 408 g/mol. The van der Waals surface area contributed by atoms with Crippen molar-refractivity contribution in [3.63, 3.8) is 0 Å². The van der Waals surface area contributed by atoms with Gasteiger partial charge in [-0.2, -0.15) is 0 Å². The van der Waals surface area contributed by atoms with Crippen LogP contribution in [-0.4, -0.2) is 41.4 Å². The minimum absolute atomic E-state index is 0.0207. The SMILES string of the molecule is COc1cccc(C(=O)Nc2ccc3c(c2)CN(C2CCC(=O)CCCCC2=O)C3=O)c1. The predicted molar refractivity (Wildman–Crippen MR) is 119 cm³/mol. The first-order valence-corrected chi connectivity index (χ1v) is 10.9. The van der Waals surface area contributed by atoms with E-state index in [2.05, 4.69) is 5.32 Å². The van der Waals surface area contributed by atoms with Crippen molar-refractivity contribution < 1.29 is 23.9 Å². The van der Waals surface area contributed by atoms with Crippen molar-refractivity contribution in [2.24, 2.45) is 0 Å². The van der Waals surface area contributed by atoms with Crippen LogP contribution in [0.3, 0.4) is 0 Å². The Hall–Kier alpha value is -3.48. The molecule has 7 heteroatoms. The van der Waals surface area contributed by atoms with Gasteiger partial charge < -0.3 is 15.0 Å². The van der Waals surface area contributed by atoms with Gasteiger partial charge >= 0.3 is 0 Å². The first kappa shape index (κ1) is 21.7. The van der Waals surface area contributed by atoms with Gasteiger partial charge in [-0.1, -0.05) is 6.07 Å². The number of Topliss-reactive ketones (excluding diaryl/α,β-unsaturated/α-hetero) is 2. The molecule has 0 aromatic heterocycles. The number of ether oxygens (including phenoxy) is 1. The molecule has 1 unspecified atom stereocenters. The van der Waals surface area contributed by atoms with E-state index in [4.69, 9.17) is 4.74 Å². The van der Waals surface area contributed by atoms with Crippen molar-refractivity contribution in [3.8, 4) is 5.75 Å². The molecule has 166 valence electrons. The summed E-state index contributed by atoms with van der Waals surface area (Å²) >= 11 is 0. The lowest BCUT2D eigenvalue weighted by Gasteiger charge is -2.26. The highest BCUT2D eigenvalue weighted by molar-refractivity contribution is 6.06. The van der Waals surface area contributed by atoms with E-state index < -0.39 is 6.04 Å². The molecular formula is C25H26N2O5. The molecule has 0 radical (unpaired) electrons. The van der Waals surface area contributed by atoms with E-state index in [9.17, 15) is 19.2 Å². The normalized spacial score (nSPS) is 19.1. The van der Waals surface area contributed by atoms with Gasteiger partial charge in [0.15, 0.2) is 5.78 Å². The molecule has 7 nitrogen and oxygen atoms in total. The number of carbonyl (C=O) groups excluding carboxylic acids is 4. The molecule has 4 rings (SSSR count). The van der Waals surface area contributed by atoms with Crippen molar-refractivity contribution in [1.29, 1.82) is 0 Å². The molecule has 0 saturated heterocycles. The zero-order chi connectivity index (χ0) is 22.7. The molecule has 2 amide bonds. The molecule has 1 aliphatic heterocycles. The third kappa shape index (κ3) is 4.56. The van der Waals surface area contributed by atoms with E-state index in [0.717, 1.165) is 12.0 Å². The number of fused-ring (bicyclic) bond motifs is 1. The Bertz CT molecular complexity index is 1080. The van der Waals surface area contributed by atoms with E-state index in [-0.39, 0.29) is 23.4 Å². The second kappa shape index (κ2) is 9.34. The number of hydrogen-bond acceptors (Lipinski definition) is 5. The summed E-state index contributed by atoms with van der Waals surface area (Å²) in [7, 11) is 1.54. The van der Waals surface area contributed by atoms with Crippen molar-refractivity contribution >= 4 is 29.1 Å². The van der Waals surface area contributed by atoms with Crippen LogP contribution in [0.2, 0.25) is 0 Å². The van der Waals surface area contributed by atoms with Crippen LogP contribution in [0.25, 0.3) is 0 Å². The lowest BCUT2D eigenvalue weighted by atomic mass is 10.0. The maximum absolute atomic E-state index is 13.0. The van der Waals surface area contributed by atoms with Crippen LogP contribution in [0.5, 0.6) is 5.75 Å². The average Bonchev–Trinajstić information content (AvgIpc) is 3.15. The second-order valence-electron chi connectivity index (χ2n) is 8.26. The summed E-state index contributed by atoms with van der Waals surface area (Å²) in [6.07, 6.45) is 2.98. The standard InChI is InChI=1S/C25H26N2O5/c1-32-20-7-4-5-16(14-20)24(30)26-18-9-11-21-17(13-18)15-27(25(21)31)22-12-10-19(28)6-2-3-8-23(22)29/h4-5,7,9,11,13-14,22H,2-3,6,8,10,12,15H2,1H3,(H,26,30). The summed E-state index contributed by atoms with van der Waals surface area (Å²) in [6, 6.07) is 11.4. The molecule has 2 aromatic rings. The summed E-state index contributed by atoms with van der Waals surface area (Å²) in [6.45, 7) is 0.293. The van der Waals surface area contributed by atoms with Gasteiger partial charge in [0.1, 0.15) is 11.5 Å². The Morgan fingerprint density at radius 1 is 1.03 bits per heavy atom. The van der Waals surface area contributed by atoms with E-state index in [1.165, 1.54) is 0 Å². The zero-order valence-electron chi connectivity index (χ0n) is 18.1. The summed E-state index contributed by atoms with van der Waals surface area (Å²) in [5, 5.41) is 2.85. The average molecular weight is 434 g/mol.